The summed E-state index contributed by atoms with van der Waals surface area (Å²) in [7, 11) is 0. The van der Waals surface area contributed by atoms with Gasteiger partial charge in [0.15, 0.2) is 0 Å². The lowest BCUT2D eigenvalue weighted by molar-refractivity contribution is -0.129. The number of ketones is 1. The first-order valence-corrected chi connectivity index (χ1v) is 6.54. The van der Waals surface area contributed by atoms with Crippen LogP contribution in [0.1, 0.15) is 10.4 Å². The van der Waals surface area contributed by atoms with Crippen LogP contribution in [0.2, 0.25) is 0 Å². The summed E-state index contributed by atoms with van der Waals surface area (Å²) in [5.41, 5.74) is 0.322. The van der Waals surface area contributed by atoms with Gasteiger partial charge < -0.3 is 4.74 Å². The zero-order valence-electron chi connectivity index (χ0n) is 11.2. The van der Waals surface area contributed by atoms with Gasteiger partial charge in [-0.05, 0) is 22.9 Å². The van der Waals surface area contributed by atoms with E-state index in [4.69, 9.17) is 4.74 Å². The van der Waals surface area contributed by atoms with Crippen molar-refractivity contribution in [2.24, 2.45) is 0 Å². The molecule has 0 bridgehead atoms. The van der Waals surface area contributed by atoms with Crippen molar-refractivity contribution in [3.8, 4) is 5.75 Å². The van der Waals surface area contributed by atoms with E-state index in [9.17, 15) is 9.59 Å². The topological polar surface area (TPSA) is 43.4 Å². The molecule has 0 saturated carbocycles. The molecule has 0 atom stereocenters. The lowest BCUT2D eigenvalue weighted by Gasteiger charge is -2.05. The molecular weight excluding hydrogens is 264 g/mol. The van der Waals surface area contributed by atoms with Gasteiger partial charge in [-0.3, -0.25) is 4.79 Å². The summed E-state index contributed by atoms with van der Waals surface area (Å²) in [4.78, 5) is 23.8. The number of carbonyl (C=O) groups excluding carboxylic acids is 2. The van der Waals surface area contributed by atoms with E-state index in [0.717, 1.165) is 10.8 Å². The molecule has 0 fully saturated rings. The van der Waals surface area contributed by atoms with Gasteiger partial charge in [-0.1, -0.05) is 60.7 Å². The van der Waals surface area contributed by atoms with Gasteiger partial charge in [0.25, 0.3) is 5.78 Å². The van der Waals surface area contributed by atoms with E-state index in [1.54, 1.807) is 42.5 Å². The van der Waals surface area contributed by atoms with Crippen molar-refractivity contribution >= 4 is 22.5 Å². The third-order valence-corrected chi connectivity index (χ3v) is 3.15. The van der Waals surface area contributed by atoms with Crippen molar-refractivity contribution < 1.29 is 14.3 Å². The molecule has 0 aromatic heterocycles. The van der Waals surface area contributed by atoms with Gasteiger partial charge in [0.1, 0.15) is 5.75 Å². The molecule has 3 heteroatoms. The minimum Gasteiger partial charge on any atom is -0.421 e. The number of fused-ring (bicyclic) bond motifs is 1. The number of Topliss-reactive ketones (excluding diaryl/α,β-unsaturated/α-hetero) is 1. The maximum Gasteiger partial charge on any atom is 0.385 e. The Morgan fingerprint density at radius 2 is 1.38 bits per heavy atom. The van der Waals surface area contributed by atoms with E-state index in [2.05, 4.69) is 0 Å². The standard InChI is InChI=1S/C18H12O3/c19-17(14-7-2-1-3-8-14)18(20)21-16-11-10-13-6-4-5-9-15(13)12-16/h1-12H. The molecule has 0 aliphatic rings. The third kappa shape index (κ3) is 2.82. The Morgan fingerprint density at radius 1 is 0.714 bits per heavy atom. The number of hydrogen-bond donors (Lipinski definition) is 0. The molecule has 0 aliphatic carbocycles. The van der Waals surface area contributed by atoms with Gasteiger partial charge in [0.2, 0.25) is 0 Å². The Bertz CT molecular complexity index is 807. The zero-order valence-corrected chi connectivity index (χ0v) is 11.2. The molecule has 21 heavy (non-hydrogen) atoms. The van der Waals surface area contributed by atoms with Crippen LogP contribution < -0.4 is 4.74 Å². The minimum absolute atomic E-state index is 0.322. The summed E-state index contributed by atoms with van der Waals surface area (Å²) < 4.78 is 5.15. The van der Waals surface area contributed by atoms with E-state index in [0.29, 0.717) is 11.3 Å². The van der Waals surface area contributed by atoms with Crippen LogP contribution in [-0.2, 0) is 4.79 Å². The molecule has 0 spiro atoms. The Kier molecular flexibility index (Phi) is 3.48. The molecule has 3 aromatic rings. The Balaban J connectivity index is 1.81. The smallest absolute Gasteiger partial charge is 0.385 e. The highest BCUT2D eigenvalue weighted by Gasteiger charge is 2.18. The van der Waals surface area contributed by atoms with Gasteiger partial charge >= 0.3 is 5.97 Å². The van der Waals surface area contributed by atoms with Crippen LogP contribution in [0.5, 0.6) is 5.75 Å². The van der Waals surface area contributed by atoms with E-state index < -0.39 is 11.8 Å². The molecule has 0 amide bonds. The number of ether oxygens (including phenoxy) is 1. The maximum absolute atomic E-state index is 11.9. The molecule has 0 heterocycles. The van der Waals surface area contributed by atoms with Crippen LogP contribution in [0.4, 0.5) is 0 Å². The summed E-state index contributed by atoms with van der Waals surface area (Å²) in [6, 6.07) is 21.4. The third-order valence-electron chi connectivity index (χ3n) is 3.15. The van der Waals surface area contributed by atoms with Crippen molar-refractivity contribution in [1.29, 1.82) is 0 Å². The number of benzene rings is 3. The van der Waals surface area contributed by atoms with Crippen molar-refractivity contribution in [2.75, 3.05) is 0 Å². The van der Waals surface area contributed by atoms with Crippen LogP contribution in [0, 0.1) is 0 Å². The highest BCUT2D eigenvalue weighted by atomic mass is 16.5. The second kappa shape index (κ2) is 5.59. The van der Waals surface area contributed by atoms with E-state index >= 15 is 0 Å². The number of esters is 1. The van der Waals surface area contributed by atoms with E-state index in [-0.39, 0.29) is 0 Å². The van der Waals surface area contributed by atoms with Gasteiger partial charge in [-0.25, -0.2) is 4.79 Å². The van der Waals surface area contributed by atoms with Crippen molar-refractivity contribution in [1.82, 2.24) is 0 Å². The van der Waals surface area contributed by atoms with Gasteiger partial charge in [0.05, 0.1) is 0 Å². The van der Waals surface area contributed by atoms with Crippen LogP contribution in [0.15, 0.2) is 72.8 Å². The molecule has 3 nitrogen and oxygen atoms in total. The quantitative estimate of drug-likeness (QED) is 0.317. The predicted molar refractivity (Wildman–Crippen MR) is 80.4 cm³/mol. The molecular formula is C18H12O3. The first-order valence-electron chi connectivity index (χ1n) is 6.54. The minimum atomic E-state index is -0.878. The Hall–Kier alpha value is -2.94. The molecule has 0 N–H and O–H groups in total. The fourth-order valence-corrected chi connectivity index (χ4v) is 2.09. The average Bonchev–Trinajstić information content (AvgIpc) is 2.55. The summed E-state index contributed by atoms with van der Waals surface area (Å²) in [5.74, 6) is -1.16. The van der Waals surface area contributed by atoms with Crippen LogP contribution >= 0.6 is 0 Å². The molecule has 102 valence electrons. The highest BCUT2D eigenvalue weighted by molar-refractivity contribution is 6.41. The molecule has 0 radical (unpaired) electrons. The summed E-state index contributed by atoms with van der Waals surface area (Å²) in [6.07, 6.45) is 0. The number of hydrogen-bond acceptors (Lipinski definition) is 3. The van der Waals surface area contributed by atoms with Crippen molar-refractivity contribution in [3.63, 3.8) is 0 Å². The van der Waals surface area contributed by atoms with Gasteiger partial charge in [0, 0.05) is 5.56 Å². The van der Waals surface area contributed by atoms with Crippen molar-refractivity contribution in [3.05, 3.63) is 78.4 Å². The Labute approximate surface area is 121 Å². The normalized spacial score (nSPS) is 10.3. The molecule has 0 unspecified atom stereocenters. The van der Waals surface area contributed by atoms with Crippen molar-refractivity contribution in [2.45, 2.75) is 0 Å². The SMILES string of the molecule is O=C(Oc1ccc2ccccc2c1)C(=O)c1ccccc1. The second-order valence-electron chi connectivity index (χ2n) is 4.59. The van der Waals surface area contributed by atoms with Crippen LogP contribution in [0.25, 0.3) is 10.8 Å². The maximum atomic E-state index is 11.9. The summed E-state index contributed by atoms with van der Waals surface area (Å²) >= 11 is 0. The zero-order chi connectivity index (χ0) is 14.7. The van der Waals surface area contributed by atoms with Crippen LogP contribution in [0.3, 0.4) is 0 Å². The number of carbonyl (C=O) groups is 2. The first-order chi connectivity index (χ1) is 10.2. The van der Waals surface area contributed by atoms with Gasteiger partial charge in [-0.15, -0.1) is 0 Å². The summed E-state index contributed by atoms with van der Waals surface area (Å²) in [5, 5.41) is 2.00. The number of rotatable bonds is 3. The second-order valence-corrected chi connectivity index (χ2v) is 4.59. The average molecular weight is 276 g/mol. The molecule has 3 rings (SSSR count). The highest BCUT2D eigenvalue weighted by Crippen LogP contribution is 2.21. The molecule has 3 aromatic carbocycles. The summed E-state index contributed by atoms with van der Waals surface area (Å²) in [6.45, 7) is 0. The fraction of sp³-hybridized carbons (Fsp3) is 0. The van der Waals surface area contributed by atoms with E-state index in [1.807, 2.05) is 30.3 Å². The monoisotopic (exact) mass is 276 g/mol. The van der Waals surface area contributed by atoms with E-state index in [1.165, 1.54) is 0 Å². The molecule has 0 saturated heterocycles. The lowest BCUT2D eigenvalue weighted by Crippen LogP contribution is -2.20. The fourth-order valence-electron chi connectivity index (χ4n) is 2.09. The predicted octanol–water partition coefficient (Wildman–Crippen LogP) is 3.63. The molecule has 0 aliphatic heterocycles. The van der Waals surface area contributed by atoms with Gasteiger partial charge in [-0.2, -0.15) is 0 Å². The lowest BCUT2D eigenvalue weighted by atomic mass is 10.1. The first kappa shape index (κ1) is 13.1. The Morgan fingerprint density at radius 3 is 2.14 bits per heavy atom. The largest absolute Gasteiger partial charge is 0.421 e. The van der Waals surface area contributed by atoms with Crippen LogP contribution in [-0.4, -0.2) is 11.8 Å².